The fraction of sp³-hybridized carbons (Fsp3) is 0.316. The van der Waals surface area contributed by atoms with E-state index in [1.807, 2.05) is 36.4 Å². The molecule has 0 aliphatic carbocycles. The molecule has 0 fully saturated rings. The van der Waals surface area contributed by atoms with Crippen molar-refractivity contribution in [3.05, 3.63) is 60.1 Å². The molecule has 6 heteroatoms. The van der Waals surface area contributed by atoms with Crippen molar-refractivity contribution in [3.63, 3.8) is 0 Å². The monoisotopic (exact) mass is 339 g/mol. The minimum atomic E-state index is -0.655. The maximum atomic E-state index is 12.3. The highest BCUT2D eigenvalue weighted by molar-refractivity contribution is 6.34. The predicted octanol–water partition coefficient (Wildman–Crippen LogP) is 2.27. The Bertz CT molecular complexity index is 705. The molecule has 0 radical (unpaired) electrons. The molecule has 2 aromatic rings. The lowest BCUT2D eigenvalue weighted by molar-refractivity contribution is -0.146. The van der Waals surface area contributed by atoms with E-state index >= 15 is 0 Å². The van der Waals surface area contributed by atoms with Crippen molar-refractivity contribution in [2.24, 2.45) is 0 Å². The Morgan fingerprint density at radius 3 is 2.64 bits per heavy atom. The number of aryl methyl sites for hydroxylation is 1. The first-order valence-electron chi connectivity index (χ1n) is 8.21. The van der Waals surface area contributed by atoms with Gasteiger partial charge in [0.25, 0.3) is 0 Å². The van der Waals surface area contributed by atoms with Crippen LogP contribution >= 0.6 is 0 Å². The van der Waals surface area contributed by atoms with Gasteiger partial charge >= 0.3 is 11.8 Å². The minimum Gasteiger partial charge on any atom is -0.467 e. The molecule has 2 rings (SSSR count). The van der Waals surface area contributed by atoms with E-state index in [4.69, 9.17) is 9.68 Å². The molecule has 130 valence electrons. The highest BCUT2D eigenvalue weighted by Crippen LogP contribution is 2.07. The largest absolute Gasteiger partial charge is 0.467 e. The summed E-state index contributed by atoms with van der Waals surface area (Å²) in [6, 6.07) is 15.4. The summed E-state index contributed by atoms with van der Waals surface area (Å²) in [5, 5.41) is 11.4. The number of nitrogens with one attached hydrogen (secondary N) is 1. The first kappa shape index (κ1) is 18.3. The Hall–Kier alpha value is -3.07. The van der Waals surface area contributed by atoms with Crippen LogP contribution in [0, 0.1) is 11.3 Å². The summed E-state index contributed by atoms with van der Waals surface area (Å²) in [6.07, 6.45) is 3.25. The third-order valence-electron chi connectivity index (χ3n) is 3.67. The highest BCUT2D eigenvalue weighted by Gasteiger charge is 2.22. The van der Waals surface area contributed by atoms with Crippen LogP contribution in [0.5, 0.6) is 0 Å². The van der Waals surface area contributed by atoms with Gasteiger partial charge in [0, 0.05) is 13.1 Å². The Labute approximate surface area is 147 Å². The summed E-state index contributed by atoms with van der Waals surface area (Å²) < 4.78 is 5.21. The molecule has 0 bridgehead atoms. The number of carbonyl (C=O) groups is 2. The van der Waals surface area contributed by atoms with Gasteiger partial charge in [0.05, 0.1) is 25.3 Å². The number of benzene rings is 1. The molecular weight excluding hydrogens is 318 g/mol. The Morgan fingerprint density at radius 1 is 1.16 bits per heavy atom. The highest BCUT2D eigenvalue weighted by atomic mass is 16.3. The second kappa shape index (κ2) is 9.93. The van der Waals surface area contributed by atoms with Crippen LogP contribution in [0.2, 0.25) is 0 Å². The summed E-state index contributed by atoms with van der Waals surface area (Å²) in [5.41, 5.74) is 1.19. The maximum absolute atomic E-state index is 12.3. The van der Waals surface area contributed by atoms with E-state index in [1.54, 1.807) is 12.1 Å². The summed E-state index contributed by atoms with van der Waals surface area (Å²) >= 11 is 0. The second-order valence-electron chi connectivity index (χ2n) is 5.56. The molecule has 0 aliphatic rings. The van der Waals surface area contributed by atoms with Crippen molar-refractivity contribution < 1.29 is 14.0 Å². The number of carbonyl (C=O) groups excluding carboxylic acids is 2. The predicted molar refractivity (Wildman–Crippen MR) is 92.1 cm³/mol. The van der Waals surface area contributed by atoms with Crippen LogP contribution in [0.15, 0.2) is 53.1 Å². The van der Waals surface area contributed by atoms with Crippen molar-refractivity contribution in [1.82, 2.24) is 10.2 Å². The number of amides is 2. The second-order valence-corrected chi connectivity index (χ2v) is 5.56. The van der Waals surface area contributed by atoms with Crippen LogP contribution < -0.4 is 5.32 Å². The molecule has 1 N–H and O–H groups in total. The summed E-state index contributed by atoms with van der Waals surface area (Å²) in [5.74, 6) is -0.730. The summed E-state index contributed by atoms with van der Waals surface area (Å²) in [7, 11) is 0. The van der Waals surface area contributed by atoms with Gasteiger partial charge in [0.15, 0.2) is 0 Å². The van der Waals surface area contributed by atoms with Gasteiger partial charge in [0.1, 0.15) is 5.76 Å². The number of furan rings is 1. The number of hydrogen-bond acceptors (Lipinski definition) is 4. The topological polar surface area (TPSA) is 86.3 Å². The Balaban J connectivity index is 1.80. The Kier molecular flexibility index (Phi) is 7.26. The van der Waals surface area contributed by atoms with Gasteiger partial charge in [-0.1, -0.05) is 30.3 Å². The summed E-state index contributed by atoms with van der Waals surface area (Å²) in [4.78, 5) is 25.7. The quantitative estimate of drug-likeness (QED) is 0.590. The molecule has 6 nitrogen and oxygen atoms in total. The van der Waals surface area contributed by atoms with Gasteiger partial charge in [-0.25, -0.2) is 0 Å². The van der Waals surface area contributed by atoms with Gasteiger partial charge in [0.2, 0.25) is 0 Å². The first-order valence-corrected chi connectivity index (χ1v) is 8.21. The van der Waals surface area contributed by atoms with E-state index in [-0.39, 0.29) is 19.5 Å². The van der Waals surface area contributed by atoms with E-state index in [9.17, 15) is 9.59 Å². The van der Waals surface area contributed by atoms with Crippen LogP contribution in [-0.4, -0.2) is 29.8 Å². The Morgan fingerprint density at radius 2 is 1.96 bits per heavy atom. The lowest BCUT2D eigenvalue weighted by Gasteiger charge is -2.19. The van der Waals surface area contributed by atoms with Crippen LogP contribution in [0.3, 0.4) is 0 Å². The minimum absolute atomic E-state index is 0.160. The van der Waals surface area contributed by atoms with E-state index in [2.05, 4.69) is 5.32 Å². The zero-order valence-electron chi connectivity index (χ0n) is 14.0. The van der Waals surface area contributed by atoms with Gasteiger partial charge in [-0.3, -0.25) is 9.59 Å². The van der Waals surface area contributed by atoms with Crippen molar-refractivity contribution in [2.75, 3.05) is 13.1 Å². The van der Waals surface area contributed by atoms with Gasteiger partial charge in [-0.2, -0.15) is 5.26 Å². The van der Waals surface area contributed by atoms with Crippen LogP contribution in [0.25, 0.3) is 0 Å². The molecule has 0 saturated carbocycles. The number of rotatable bonds is 8. The van der Waals surface area contributed by atoms with Crippen molar-refractivity contribution in [3.8, 4) is 6.07 Å². The van der Waals surface area contributed by atoms with Gasteiger partial charge < -0.3 is 14.6 Å². The third kappa shape index (κ3) is 6.15. The molecule has 0 unspecified atom stereocenters. The van der Waals surface area contributed by atoms with E-state index in [0.717, 1.165) is 12.8 Å². The summed E-state index contributed by atoms with van der Waals surface area (Å²) in [6.45, 7) is 0.782. The van der Waals surface area contributed by atoms with Crippen molar-refractivity contribution >= 4 is 11.8 Å². The van der Waals surface area contributed by atoms with E-state index in [0.29, 0.717) is 12.3 Å². The zero-order valence-corrected chi connectivity index (χ0v) is 14.0. The lowest BCUT2D eigenvalue weighted by atomic mass is 10.1. The van der Waals surface area contributed by atoms with Crippen LogP contribution in [0.1, 0.15) is 24.2 Å². The molecule has 25 heavy (non-hydrogen) atoms. The fourth-order valence-electron chi connectivity index (χ4n) is 2.39. The molecule has 1 aromatic carbocycles. The molecule has 1 aromatic heterocycles. The molecular formula is C19H21N3O3. The fourth-order valence-corrected chi connectivity index (χ4v) is 2.39. The van der Waals surface area contributed by atoms with E-state index < -0.39 is 11.8 Å². The lowest BCUT2D eigenvalue weighted by Crippen LogP contribution is -2.43. The normalized spacial score (nSPS) is 10.0. The molecule has 0 atom stereocenters. The molecule has 1 heterocycles. The molecule has 0 spiro atoms. The first-order chi connectivity index (χ1) is 12.2. The van der Waals surface area contributed by atoms with E-state index in [1.165, 1.54) is 16.7 Å². The van der Waals surface area contributed by atoms with Crippen molar-refractivity contribution in [2.45, 2.75) is 25.8 Å². The number of hydrogen-bond donors (Lipinski definition) is 1. The number of nitriles is 1. The SMILES string of the molecule is N#CCCN(Cc1ccco1)C(=O)C(=O)NCCCc1ccccc1. The zero-order chi connectivity index (χ0) is 17.9. The van der Waals surface area contributed by atoms with Crippen LogP contribution in [-0.2, 0) is 22.6 Å². The van der Waals surface area contributed by atoms with Gasteiger partial charge in [-0.05, 0) is 30.5 Å². The molecule has 2 amide bonds. The van der Waals surface area contributed by atoms with Crippen molar-refractivity contribution in [1.29, 1.82) is 5.26 Å². The average Bonchev–Trinajstić information content (AvgIpc) is 3.15. The third-order valence-corrected chi connectivity index (χ3v) is 3.67. The molecule has 0 saturated heterocycles. The smallest absolute Gasteiger partial charge is 0.312 e. The van der Waals surface area contributed by atoms with Gasteiger partial charge in [-0.15, -0.1) is 0 Å². The molecule has 0 aliphatic heterocycles. The standard InChI is InChI=1S/C19H21N3O3/c20-11-6-13-22(15-17-10-5-14-25-17)19(24)18(23)21-12-4-9-16-7-2-1-3-8-16/h1-3,5,7-8,10,14H,4,6,9,12-13,15H2,(H,21,23). The number of nitrogens with zero attached hydrogens (tertiary/aromatic N) is 2. The maximum Gasteiger partial charge on any atom is 0.312 e. The average molecular weight is 339 g/mol. The van der Waals surface area contributed by atoms with Crippen LogP contribution in [0.4, 0.5) is 0 Å².